The van der Waals surface area contributed by atoms with Crippen molar-refractivity contribution in [2.45, 2.75) is 59.1 Å². The summed E-state index contributed by atoms with van der Waals surface area (Å²) in [6.07, 6.45) is 1.07. The van der Waals surface area contributed by atoms with Crippen LogP contribution in [-0.4, -0.2) is 42.3 Å². The number of esters is 1. The highest BCUT2D eigenvalue weighted by molar-refractivity contribution is 5.78. The molecule has 18 heavy (non-hydrogen) atoms. The fourth-order valence-corrected chi connectivity index (χ4v) is 1.60. The lowest BCUT2D eigenvalue weighted by molar-refractivity contribution is -0.142. The van der Waals surface area contributed by atoms with Crippen LogP contribution in [0.2, 0.25) is 0 Å². The predicted octanol–water partition coefficient (Wildman–Crippen LogP) is 2.59. The first-order chi connectivity index (χ1) is 8.25. The number of rotatable bonds is 5. The summed E-state index contributed by atoms with van der Waals surface area (Å²) in [4.78, 5) is 24.9. The number of amides is 1. The van der Waals surface area contributed by atoms with E-state index in [1.54, 1.807) is 20.8 Å². The van der Waals surface area contributed by atoms with Gasteiger partial charge in [0.25, 0.3) is 0 Å². The topological polar surface area (TPSA) is 55.8 Å². The maximum atomic E-state index is 12.1. The molecule has 0 N–H and O–H groups in total. The van der Waals surface area contributed by atoms with Gasteiger partial charge in [-0.3, -0.25) is 9.69 Å². The van der Waals surface area contributed by atoms with E-state index < -0.39 is 17.7 Å². The molecule has 0 radical (unpaired) electrons. The SMILES string of the molecule is CCC(CC)N(CC(=O)OC)C(=O)OC(C)(C)C. The first-order valence-electron chi connectivity index (χ1n) is 6.31. The zero-order chi connectivity index (χ0) is 14.3. The standard InChI is InChI=1S/C13H25NO4/c1-7-10(8-2)14(9-11(15)17-6)12(16)18-13(3,4)5/h10H,7-9H2,1-6H3. The summed E-state index contributed by atoms with van der Waals surface area (Å²) in [5.41, 5.74) is -0.572. The number of hydrogen-bond donors (Lipinski definition) is 0. The van der Waals surface area contributed by atoms with E-state index in [4.69, 9.17) is 4.74 Å². The van der Waals surface area contributed by atoms with E-state index in [9.17, 15) is 9.59 Å². The monoisotopic (exact) mass is 259 g/mol. The van der Waals surface area contributed by atoms with Crippen LogP contribution < -0.4 is 0 Å². The van der Waals surface area contributed by atoms with E-state index in [1.807, 2.05) is 13.8 Å². The number of methoxy groups -OCH3 is 1. The molecule has 0 aromatic rings. The van der Waals surface area contributed by atoms with Crippen molar-refractivity contribution in [3.8, 4) is 0 Å². The molecule has 0 aromatic carbocycles. The molecule has 0 bridgehead atoms. The van der Waals surface area contributed by atoms with Crippen molar-refractivity contribution in [1.82, 2.24) is 4.90 Å². The van der Waals surface area contributed by atoms with Gasteiger partial charge < -0.3 is 9.47 Å². The Morgan fingerprint density at radius 2 is 1.67 bits per heavy atom. The fraction of sp³-hybridized carbons (Fsp3) is 0.846. The second-order valence-corrected chi connectivity index (χ2v) is 5.15. The third-order valence-electron chi connectivity index (χ3n) is 2.54. The second-order valence-electron chi connectivity index (χ2n) is 5.15. The van der Waals surface area contributed by atoms with Crippen molar-refractivity contribution in [2.24, 2.45) is 0 Å². The van der Waals surface area contributed by atoms with Gasteiger partial charge in [-0.1, -0.05) is 13.8 Å². The average molecular weight is 259 g/mol. The van der Waals surface area contributed by atoms with Crippen LogP contribution in [0.5, 0.6) is 0 Å². The first-order valence-corrected chi connectivity index (χ1v) is 6.31. The van der Waals surface area contributed by atoms with Crippen molar-refractivity contribution < 1.29 is 19.1 Å². The highest BCUT2D eigenvalue weighted by Crippen LogP contribution is 2.15. The lowest BCUT2D eigenvalue weighted by atomic mass is 10.1. The van der Waals surface area contributed by atoms with Crippen LogP contribution in [0.4, 0.5) is 4.79 Å². The number of carbonyl (C=O) groups excluding carboxylic acids is 2. The lowest BCUT2D eigenvalue weighted by Gasteiger charge is -2.31. The van der Waals surface area contributed by atoms with Crippen LogP contribution in [-0.2, 0) is 14.3 Å². The quantitative estimate of drug-likeness (QED) is 0.712. The summed E-state index contributed by atoms with van der Waals surface area (Å²) in [5.74, 6) is -0.437. The molecular weight excluding hydrogens is 234 g/mol. The summed E-state index contributed by atoms with van der Waals surface area (Å²) >= 11 is 0. The molecule has 5 nitrogen and oxygen atoms in total. The lowest BCUT2D eigenvalue weighted by Crippen LogP contribution is -2.45. The summed E-state index contributed by atoms with van der Waals surface area (Å²) in [7, 11) is 1.31. The summed E-state index contributed by atoms with van der Waals surface area (Å²) in [6, 6.07) is -0.0149. The van der Waals surface area contributed by atoms with E-state index in [0.29, 0.717) is 0 Å². The minimum absolute atomic E-state index is 0.0149. The Kier molecular flexibility index (Phi) is 6.73. The zero-order valence-electron chi connectivity index (χ0n) is 12.3. The summed E-state index contributed by atoms with van der Waals surface area (Å²) in [6.45, 7) is 9.28. The molecule has 5 heteroatoms. The molecule has 0 heterocycles. The van der Waals surface area contributed by atoms with Gasteiger partial charge in [-0.15, -0.1) is 0 Å². The number of carbonyl (C=O) groups is 2. The molecule has 0 aliphatic heterocycles. The smallest absolute Gasteiger partial charge is 0.411 e. The third kappa shape index (κ3) is 5.89. The van der Waals surface area contributed by atoms with E-state index >= 15 is 0 Å². The van der Waals surface area contributed by atoms with E-state index in [-0.39, 0.29) is 12.6 Å². The van der Waals surface area contributed by atoms with E-state index in [0.717, 1.165) is 12.8 Å². The molecule has 1 amide bonds. The minimum atomic E-state index is -0.572. The van der Waals surface area contributed by atoms with Gasteiger partial charge in [-0.2, -0.15) is 0 Å². The molecule has 0 fully saturated rings. The maximum Gasteiger partial charge on any atom is 0.411 e. The molecule has 0 spiro atoms. The van der Waals surface area contributed by atoms with Crippen LogP contribution in [0, 0.1) is 0 Å². The summed E-state index contributed by atoms with van der Waals surface area (Å²) < 4.78 is 9.92. The molecule has 0 aliphatic carbocycles. The van der Waals surface area contributed by atoms with Gasteiger partial charge in [0, 0.05) is 6.04 Å². The molecular formula is C13H25NO4. The Bertz CT molecular complexity index is 279. The second kappa shape index (κ2) is 7.24. The Labute approximate surface area is 109 Å². The van der Waals surface area contributed by atoms with Gasteiger partial charge in [-0.25, -0.2) is 4.79 Å². The Hall–Kier alpha value is -1.26. The van der Waals surface area contributed by atoms with E-state index in [1.165, 1.54) is 12.0 Å². The minimum Gasteiger partial charge on any atom is -0.468 e. The first kappa shape index (κ1) is 16.7. The molecule has 0 saturated heterocycles. The van der Waals surface area contributed by atoms with Crippen molar-refractivity contribution in [2.75, 3.05) is 13.7 Å². The highest BCUT2D eigenvalue weighted by atomic mass is 16.6. The fourth-order valence-electron chi connectivity index (χ4n) is 1.60. The van der Waals surface area contributed by atoms with Gasteiger partial charge in [-0.05, 0) is 33.6 Å². The normalized spacial score (nSPS) is 11.3. The number of nitrogens with zero attached hydrogens (tertiary/aromatic N) is 1. The molecule has 0 saturated carbocycles. The third-order valence-corrected chi connectivity index (χ3v) is 2.54. The van der Waals surface area contributed by atoms with Crippen LogP contribution in [0.15, 0.2) is 0 Å². The van der Waals surface area contributed by atoms with Gasteiger partial charge in [0.1, 0.15) is 12.1 Å². The van der Waals surface area contributed by atoms with Crippen molar-refractivity contribution in [1.29, 1.82) is 0 Å². The van der Waals surface area contributed by atoms with Gasteiger partial charge >= 0.3 is 12.1 Å². The Balaban J connectivity index is 4.84. The van der Waals surface area contributed by atoms with Crippen molar-refractivity contribution in [3.05, 3.63) is 0 Å². The predicted molar refractivity (Wildman–Crippen MR) is 69.3 cm³/mol. The average Bonchev–Trinajstić information content (AvgIpc) is 2.26. The summed E-state index contributed by atoms with van der Waals surface area (Å²) in [5, 5.41) is 0. The number of ether oxygens (including phenoxy) is 2. The van der Waals surface area contributed by atoms with Crippen molar-refractivity contribution >= 4 is 12.1 Å². The molecule has 106 valence electrons. The van der Waals surface area contributed by atoms with E-state index in [2.05, 4.69) is 4.74 Å². The maximum absolute atomic E-state index is 12.1. The van der Waals surface area contributed by atoms with Crippen LogP contribution in [0.25, 0.3) is 0 Å². The molecule has 0 unspecified atom stereocenters. The molecule has 0 atom stereocenters. The highest BCUT2D eigenvalue weighted by Gasteiger charge is 2.28. The largest absolute Gasteiger partial charge is 0.468 e. The van der Waals surface area contributed by atoms with Gasteiger partial charge in [0.05, 0.1) is 7.11 Å². The molecule has 0 aliphatic rings. The van der Waals surface area contributed by atoms with Crippen LogP contribution in [0.3, 0.4) is 0 Å². The Morgan fingerprint density at radius 3 is 2.00 bits per heavy atom. The molecule has 0 rings (SSSR count). The van der Waals surface area contributed by atoms with Crippen LogP contribution >= 0.6 is 0 Å². The molecule has 0 aromatic heterocycles. The zero-order valence-corrected chi connectivity index (χ0v) is 12.3. The Morgan fingerprint density at radius 1 is 1.17 bits per heavy atom. The van der Waals surface area contributed by atoms with Gasteiger partial charge in [0.15, 0.2) is 0 Å². The number of hydrogen-bond acceptors (Lipinski definition) is 4. The van der Waals surface area contributed by atoms with Crippen molar-refractivity contribution in [3.63, 3.8) is 0 Å². The van der Waals surface area contributed by atoms with Crippen LogP contribution in [0.1, 0.15) is 47.5 Å². The van der Waals surface area contributed by atoms with Gasteiger partial charge in [0.2, 0.25) is 0 Å².